The second kappa shape index (κ2) is 9.12. The summed E-state index contributed by atoms with van der Waals surface area (Å²) in [5, 5.41) is 0. The van der Waals surface area contributed by atoms with Crippen molar-refractivity contribution in [2.24, 2.45) is 0 Å². The van der Waals surface area contributed by atoms with Gasteiger partial charge in [0.1, 0.15) is 18.3 Å². The minimum atomic E-state index is -0.376. The van der Waals surface area contributed by atoms with Gasteiger partial charge in [-0.1, -0.05) is 6.07 Å². The molecule has 1 aliphatic rings. The van der Waals surface area contributed by atoms with Gasteiger partial charge in [-0.3, -0.25) is 0 Å². The fourth-order valence-corrected chi connectivity index (χ4v) is 2.89. The molecule has 0 atom stereocenters. The smallest absolute Gasteiger partial charge is 0.334 e. The molecule has 2 heterocycles. The maximum absolute atomic E-state index is 12.4. The van der Waals surface area contributed by atoms with Gasteiger partial charge in [-0.2, -0.15) is 0 Å². The highest BCUT2D eigenvalue weighted by atomic mass is 16.7. The van der Waals surface area contributed by atoms with E-state index >= 15 is 0 Å². The van der Waals surface area contributed by atoms with Crippen LogP contribution in [-0.4, -0.2) is 35.5 Å². The van der Waals surface area contributed by atoms with Gasteiger partial charge in [-0.05, 0) is 44.0 Å². The Hall–Kier alpha value is -3.22. The van der Waals surface area contributed by atoms with E-state index < -0.39 is 0 Å². The van der Waals surface area contributed by atoms with Crippen LogP contribution in [0.4, 0.5) is 0 Å². The van der Waals surface area contributed by atoms with Gasteiger partial charge in [0.25, 0.3) is 0 Å². The Morgan fingerprint density at radius 2 is 2.11 bits per heavy atom. The number of ether oxygens (including phenoxy) is 4. The van der Waals surface area contributed by atoms with Crippen molar-refractivity contribution < 1.29 is 23.7 Å². The van der Waals surface area contributed by atoms with E-state index in [1.807, 2.05) is 42.0 Å². The molecule has 0 spiro atoms. The Balaban J connectivity index is 1.84. The lowest BCUT2D eigenvalue weighted by molar-refractivity contribution is -0.138. The Morgan fingerprint density at radius 1 is 1.32 bits per heavy atom. The highest BCUT2D eigenvalue weighted by Gasteiger charge is 2.18. The molecule has 0 amide bonds. The molecule has 3 rings (SSSR count). The summed E-state index contributed by atoms with van der Waals surface area (Å²) in [6, 6.07) is 5.74. The predicted molar refractivity (Wildman–Crippen MR) is 104 cm³/mol. The van der Waals surface area contributed by atoms with Gasteiger partial charge in [-0.15, -0.1) is 0 Å². The number of esters is 1. The van der Waals surface area contributed by atoms with E-state index in [4.69, 9.17) is 18.9 Å². The van der Waals surface area contributed by atoms with Gasteiger partial charge >= 0.3 is 5.97 Å². The van der Waals surface area contributed by atoms with E-state index in [1.54, 1.807) is 20.4 Å². The first-order valence-corrected chi connectivity index (χ1v) is 9.13. The number of nitrogens with zero attached hydrogens (tertiary/aromatic N) is 2. The molecule has 0 saturated carbocycles. The van der Waals surface area contributed by atoms with Crippen LogP contribution in [0, 0.1) is 6.92 Å². The summed E-state index contributed by atoms with van der Waals surface area (Å²) >= 11 is 0. The molecule has 0 bridgehead atoms. The summed E-state index contributed by atoms with van der Waals surface area (Å²) in [5.74, 6) is 0.336. The fourth-order valence-electron chi connectivity index (χ4n) is 2.89. The van der Waals surface area contributed by atoms with Gasteiger partial charge in [0.05, 0.1) is 31.4 Å². The molecular weight excluding hydrogens is 360 g/mol. The zero-order chi connectivity index (χ0) is 19.9. The number of hydrogen-bond donors (Lipinski definition) is 0. The molecule has 0 N–H and O–H groups in total. The molecule has 7 heteroatoms. The van der Waals surface area contributed by atoms with Crippen LogP contribution in [0.2, 0.25) is 0 Å². The van der Waals surface area contributed by atoms with E-state index in [0.29, 0.717) is 30.8 Å². The Labute approximate surface area is 164 Å². The van der Waals surface area contributed by atoms with Crippen LogP contribution in [0.3, 0.4) is 0 Å². The molecule has 1 aromatic heterocycles. The number of hydrogen-bond acceptors (Lipinski definition) is 6. The van der Waals surface area contributed by atoms with Gasteiger partial charge in [0.2, 0.25) is 6.29 Å². The number of carbonyl (C=O) groups is 1. The van der Waals surface area contributed by atoms with Crippen LogP contribution >= 0.6 is 0 Å². The van der Waals surface area contributed by atoms with Crippen molar-refractivity contribution in [2.45, 2.75) is 33.0 Å². The average molecular weight is 384 g/mol. The van der Waals surface area contributed by atoms with Crippen LogP contribution in [0.25, 0.3) is 11.8 Å². The van der Waals surface area contributed by atoms with Gasteiger partial charge in [0.15, 0.2) is 0 Å². The monoisotopic (exact) mass is 384 g/mol. The highest BCUT2D eigenvalue weighted by Crippen LogP contribution is 2.27. The summed E-state index contributed by atoms with van der Waals surface area (Å²) in [6.07, 6.45) is 9.11. The van der Waals surface area contributed by atoms with E-state index in [1.165, 1.54) is 12.5 Å². The quantitative estimate of drug-likeness (QED) is 0.510. The van der Waals surface area contributed by atoms with Crippen molar-refractivity contribution in [3.05, 3.63) is 60.1 Å². The number of benzene rings is 1. The summed E-state index contributed by atoms with van der Waals surface area (Å²) in [6.45, 7) is 4.03. The SMILES string of the molecule is CCOC(=O)/C(=C/c1ccc(-n2cnc(C)c2)c(OC)c1)CCC1OC=CO1. The maximum Gasteiger partial charge on any atom is 0.334 e. The molecule has 0 unspecified atom stereocenters. The second-order valence-electron chi connectivity index (χ2n) is 6.26. The maximum atomic E-state index is 12.4. The third-order valence-corrected chi connectivity index (χ3v) is 4.24. The minimum Gasteiger partial charge on any atom is -0.495 e. The topological polar surface area (TPSA) is 71.8 Å². The van der Waals surface area contributed by atoms with E-state index in [-0.39, 0.29) is 12.3 Å². The molecule has 1 aliphatic heterocycles. The average Bonchev–Trinajstić information content (AvgIpc) is 3.36. The van der Waals surface area contributed by atoms with Crippen molar-refractivity contribution in [3.8, 4) is 11.4 Å². The van der Waals surface area contributed by atoms with Crippen molar-refractivity contribution in [1.82, 2.24) is 9.55 Å². The van der Waals surface area contributed by atoms with Gasteiger partial charge < -0.3 is 23.5 Å². The van der Waals surface area contributed by atoms with E-state index in [9.17, 15) is 4.79 Å². The lowest BCUT2D eigenvalue weighted by atomic mass is 10.1. The van der Waals surface area contributed by atoms with Crippen molar-refractivity contribution >= 4 is 12.0 Å². The van der Waals surface area contributed by atoms with Crippen LogP contribution < -0.4 is 4.74 Å². The first-order chi connectivity index (χ1) is 13.6. The molecular formula is C21H24N2O5. The normalized spacial score (nSPS) is 13.9. The molecule has 0 saturated heterocycles. The lowest BCUT2D eigenvalue weighted by Crippen LogP contribution is -2.12. The lowest BCUT2D eigenvalue weighted by Gasteiger charge is -2.13. The Morgan fingerprint density at radius 3 is 2.75 bits per heavy atom. The summed E-state index contributed by atoms with van der Waals surface area (Å²) in [5.41, 5.74) is 3.18. The largest absolute Gasteiger partial charge is 0.495 e. The molecule has 0 aliphatic carbocycles. The zero-order valence-corrected chi connectivity index (χ0v) is 16.3. The first kappa shape index (κ1) is 19.5. The standard InChI is InChI=1S/C21H24N2O5/c1-4-26-21(24)17(6-8-20-27-9-10-28-20)11-16-5-7-18(19(12-16)25-3)23-13-15(2)22-14-23/h5,7,9-14,20H,4,6,8H2,1-3H3/b17-11+. The second-order valence-corrected chi connectivity index (χ2v) is 6.26. The summed E-state index contributed by atoms with van der Waals surface area (Å²) < 4.78 is 23.2. The third kappa shape index (κ3) is 4.73. The van der Waals surface area contributed by atoms with Crippen LogP contribution in [-0.2, 0) is 19.0 Å². The zero-order valence-electron chi connectivity index (χ0n) is 16.3. The van der Waals surface area contributed by atoms with Crippen LogP contribution in [0.15, 0.2) is 48.8 Å². The van der Waals surface area contributed by atoms with E-state index in [0.717, 1.165) is 16.9 Å². The van der Waals surface area contributed by atoms with Gasteiger partial charge in [-0.25, -0.2) is 9.78 Å². The highest BCUT2D eigenvalue weighted by molar-refractivity contribution is 5.93. The van der Waals surface area contributed by atoms with Crippen LogP contribution in [0.5, 0.6) is 5.75 Å². The molecule has 0 radical (unpaired) electrons. The Bertz CT molecular complexity index is 877. The molecule has 1 aromatic carbocycles. The molecule has 28 heavy (non-hydrogen) atoms. The molecule has 0 fully saturated rings. The van der Waals surface area contributed by atoms with Crippen molar-refractivity contribution in [3.63, 3.8) is 0 Å². The number of carbonyl (C=O) groups excluding carboxylic acids is 1. The van der Waals surface area contributed by atoms with Gasteiger partial charge in [0, 0.05) is 18.2 Å². The molecule has 7 nitrogen and oxygen atoms in total. The third-order valence-electron chi connectivity index (χ3n) is 4.24. The van der Waals surface area contributed by atoms with E-state index in [2.05, 4.69) is 4.98 Å². The number of imidazole rings is 1. The predicted octanol–water partition coefficient (Wildman–Crippen LogP) is 3.76. The Kier molecular flexibility index (Phi) is 6.37. The van der Waals surface area contributed by atoms with Crippen LogP contribution in [0.1, 0.15) is 31.0 Å². The minimum absolute atomic E-state index is 0.316. The number of aryl methyl sites for hydroxylation is 1. The number of methoxy groups -OCH3 is 1. The number of aromatic nitrogens is 2. The van der Waals surface area contributed by atoms with Crippen molar-refractivity contribution in [1.29, 1.82) is 0 Å². The fraction of sp³-hybridized carbons (Fsp3) is 0.333. The number of rotatable bonds is 8. The molecule has 148 valence electrons. The summed E-state index contributed by atoms with van der Waals surface area (Å²) in [4.78, 5) is 16.6. The molecule has 2 aromatic rings. The van der Waals surface area contributed by atoms with Crippen molar-refractivity contribution in [2.75, 3.05) is 13.7 Å². The summed E-state index contributed by atoms with van der Waals surface area (Å²) in [7, 11) is 1.62. The first-order valence-electron chi connectivity index (χ1n) is 9.13.